The van der Waals surface area contributed by atoms with Crippen LogP contribution in [0.1, 0.15) is 46.5 Å². The SMILES string of the molecule is CC(C)NC(C)(CN(C)C1CCCC1)C(N)=O. The van der Waals surface area contributed by atoms with Crippen molar-refractivity contribution in [2.24, 2.45) is 5.73 Å². The Morgan fingerprint density at radius 2 is 2.00 bits per heavy atom. The van der Waals surface area contributed by atoms with E-state index in [1.807, 2.05) is 20.8 Å². The van der Waals surface area contributed by atoms with E-state index in [4.69, 9.17) is 5.73 Å². The van der Waals surface area contributed by atoms with Crippen molar-refractivity contribution in [2.75, 3.05) is 13.6 Å². The summed E-state index contributed by atoms with van der Waals surface area (Å²) in [6.07, 6.45) is 5.10. The fourth-order valence-electron chi connectivity index (χ4n) is 2.80. The maximum atomic E-state index is 11.6. The number of rotatable bonds is 6. The zero-order valence-electron chi connectivity index (χ0n) is 11.6. The van der Waals surface area contributed by atoms with Crippen LogP contribution in [0.5, 0.6) is 0 Å². The molecular formula is C13H27N3O. The number of nitrogens with one attached hydrogen (secondary N) is 1. The van der Waals surface area contributed by atoms with E-state index in [0.29, 0.717) is 12.6 Å². The van der Waals surface area contributed by atoms with E-state index in [1.54, 1.807) is 0 Å². The van der Waals surface area contributed by atoms with Crippen molar-refractivity contribution >= 4 is 5.91 Å². The molecule has 1 aliphatic carbocycles. The normalized spacial score (nSPS) is 21.1. The third kappa shape index (κ3) is 3.96. The van der Waals surface area contributed by atoms with Crippen LogP contribution in [0.25, 0.3) is 0 Å². The topological polar surface area (TPSA) is 58.4 Å². The average Bonchev–Trinajstić information content (AvgIpc) is 2.68. The number of nitrogens with two attached hydrogens (primary N) is 1. The molecule has 1 aliphatic rings. The van der Waals surface area contributed by atoms with Gasteiger partial charge in [-0.15, -0.1) is 0 Å². The zero-order valence-corrected chi connectivity index (χ0v) is 11.6. The van der Waals surface area contributed by atoms with E-state index >= 15 is 0 Å². The predicted molar refractivity (Wildman–Crippen MR) is 70.8 cm³/mol. The summed E-state index contributed by atoms with van der Waals surface area (Å²) in [4.78, 5) is 13.9. The molecule has 0 aromatic carbocycles. The fourth-order valence-corrected chi connectivity index (χ4v) is 2.80. The molecule has 0 saturated heterocycles. The van der Waals surface area contributed by atoms with Crippen LogP contribution < -0.4 is 11.1 Å². The number of carbonyl (C=O) groups excluding carboxylic acids is 1. The lowest BCUT2D eigenvalue weighted by Gasteiger charge is -2.36. The molecule has 0 spiro atoms. The lowest BCUT2D eigenvalue weighted by atomic mass is 9.98. The first kappa shape index (κ1) is 14.5. The lowest BCUT2D eigenvalue weighted by molar-refractivity contribution is -0.125. The van der Waals surface area contributed by atoms with Crippen LogP contribution in [0, 0.1) is 0 Å². The Bertz CT molecular complexity index is 261. The molecule has 1 amide bonds. The smallest absolute Gasteiger partial charge is 0.238 e. The molecule has 0 bridgehead atoms. The van der Waals surface area contributed by atoms with Gasteiger partial charge in [0, 0.05) is 18.6 Å². The summed E-state index contributed by atoms with van der Waals surface area (Å²) in [7, 11) is 2.10. The number of hydrogen-bond acceptors (Lipinski definition) is 3. The second-order valence-electron chi connectivity index (χ2n) is 5.85. The van der Waals surface area contributed by atoms with E-state index in [9.17, 15) is 4.79 Å². The molecule has 0 aromatic heterocycles. The van der Waals surface area contributed by atoms with Gasteiger partial charge in [-0.3, -0.25) is 4.79 Å². The fraction of sp³-hybridized carbons (Fsp3) is 0.923. The van der Waals surface area contributed by atoms with Gasteiger partial charge in [-0.1, -0.05) is 12.8 Å². The first-order chi connectivity index (χ1) is 7.85. The molecule has 17 heavy (non-hydrogen) atoms. The summed E-state index contributed by atoms with van der Waals surface area (Å²) in [5.74, 6) is -0.268. The highest BCUT2D eigenvalue weighted by Crippen LogP contribution is 2.23. The van der Waals surface area contributed by atoms with Crippen molar-refractivity contribution in [3.63, 3.8) is 0 Å². The van der Waals surface area contributed by atoms with Crippen LogP contribution in [-0.2, 0) is 4.79 Å². The number of hydrogen-bond donors (Lipinski definition) is 2. The molecule has 0 aliphatic heterocycles. The van der Waals surface area contributed by atoms with Gasteiger partial charge in [0.2, 0.25) is 5.91 Å². The van der Waals surface area contributed by atoms with Gasteiger partial charge in [0.15, 0.2) is 0 Å². The summed E-state index contributed by atoms with van der Waals surface area (Å²) < 4.78 is 0. The second kappa shape index (κ2) is 5.83. The second-order valence-corrected chi connectivity index (χ2v) is 5.85. The van der Waals surface area contributed by atoms with Crippen LogP contribution in [-0.4, -0.2) is 42.0 Å². The van der Waals surface area contributed by atoms with E-state index in [-0.39, 0.29) is 11.9 Å². The number of amides is 1. The minimum Gasteiger partial charge on any atom is -0.368 e. The molecular weight excluding hydrogens is 214 g/mol. The minimum atomic E-state index is -0.633. The maximum absolute atomic E-state index is 11.6. The summed E-state index contributed by atoms with van der Waals surface area (Å²) in [6, 6.07) is 0.868. The molecule has 1 saturated carbocycles. The zero-order chi connectivity index (χ0) is 13.1. The van der Waals surface area contributed by atoms with E-state index in [0.717, 1.165) is 0 Å². The predicted octanol–water partition coefficient (Wildman–Crippen LogP) is 1.10. The summed E-state index contributed by atoms with van der Waals surface area (Å²) in [5.41, 5.74) is 4.90. The Labute approximate surface area is 105 Å². The van der Waals surface area contributed by atoms with Crippen molar-refractivity contribution in [3.8, 4) is 0 Å². The van der Waals surface area contributed by atoms with Crippen molar-refractivity contribution in [3.05, 3.63) is 0 Å². The number of nitrogens with zero attached hydrogens (tertiary/aromatic N) is 1. The van der Waals surface area contributed by atoms with Crippen molar-refractivity contribution in [2.45, 2.75) is 64.1 Å². The highest BCUT2D eigenvalue weighted by molar-refractivity contribution is 5.84. The van der Waals surface area contributed by atoms with E-state index in [1.165, 1.54) is 25.7 Å². The minimum absolute atomic E-state index is 0.254. The molecule has 1 fully saturated rings. The molecule has 4 nitrogen and oxygen atoms in total. The molecule has 1 rings (SSSR count). The molecule has 100 valence electrons. The Morgan fingerprint density at radius 1 is 1.47 bits per heavy atom. The third-order valence-electron chi connectivity index (χ3n) is 3.66. The molecule has 1 unspecified atom stereocenters. The lowest BCUT2D eigenvalue weighted by Crippen LogP contribution is -2.61. The van der Waals surface area contributed by atoms with E-state index in [2.05, 4.69) is 17.3 Å². The molecule has 4 heteroatoms. The molecule has 3 N–H and O–H groups in total. The standard InChI is InChI=1S/C13H27N3O/c1-10(2)15-13(3,12(14)17)9-16(4)11-7-5-6-8-11/h10-11,15H,5-9H2,1-4H3,(H2,14,17). The number of likely N-dealkylation sites (N-methyl/N-ethyl adjacent to an activating group) is 1. The summed E-state index contributed by atoms with van der Waals surface area (Å²) in [5, 5.41) is 3.29. The number of primary amides is 1. The Hall–Kier alpha value is -0.610. The first-order valence-electron chi connectivity index (χ1n) is 6.63. The van der Waals surface area contributed by atoms with Gasteiger partial charge < -0.3 is 16.0 Å². The van der Waals surface area contributed by atoms with Crippen molar-refractivity contribution in [1.82, 2.24) is 10.2 Å². The van der Waals surface area contributed by atoms with Crippen LogP contribution in [0.2, 0.25) is 0 Å². The van der Waals surface area contributed by atoms with Gasteiger partial charge >= 0.3 is 0 Å². The molecule has 0 radical (unpaired) electrons. The Kier molecular flexibility index (Phi) is 4.95. The summed E-state index contributed by atoms with van der Waals surface area (Å²) in [6.45, 7) is 6.67. The van der Waals surface area contributed by atoms with Gasteiger partial charge in [-0.2, -0.15) is 0 Å². The highest BCUT2D eigenvalue weighted by atomic mass is 16.1. The van der Waals surface area contributed by atoms with Crippen LogP contribution in [0.3, 0.4) is 0 Å². The van der Waals surface area contributed by atoms with Crippen molar-refractivity contribution < 1.29 is 4.79 Å². The quantitative estimate of drug-likeness (QED) is 0.732. The largest absolute Gasteiger partial charge is 0.368 e. The van der Waals surface area contributed by atoms with Gasteiger partial charge in [-0.25, -0.2) is 0 Å². The Balaban J connectivity index is 2.61. The van der Waals surface area contributed by atoms with Gasteiger partial charge in [-0.05, 0) is 40.7 Å². The van der Waals surface area contributed by atoms with Crippen molar-refractivity contribution in [1.29, 1.82) is 0 Å². The molecule has 1 atom stereocenters. The van der Waals surface area contributed by atoms with Gasteiger partial charge in [0.05, 0.1) is 0 Å². The van der Waals surface area contributed by atoms with Gasteiger partial charge in [0.25, 0.3) is 0 Å². The van der Waals surface area contributed by atoms with Crippen LogP contribution in [0.4, 0.5) is 0 Å². The highest BCUT2D eigenvalue weighted by Gasteiger charge is 2.34. The third-order valence-corrected chi connectivity index (χ3v) is 3.66. The van der Waals surface area contributed by atoms with Gasteiger partial charge in [0.1, 0.15) is 5.54 Å². The molecule has 0 aromatic rings. The maximum Gasteiger partial charge on any atom is 0.238 e. The number of carbonyl (C=O) groups is 1. The summed E-state index contributed by atoms with van der Waals surface area (Å²) >= 11 is 0. The Morgan fingerprint density at radius 3 is 2.41 bits per heavy atom. The monoisotopic (exact) mass is 241 g/mol. The first-order valence-corrected chi connectivity index (χ1v) is 6.63. The van der Waals surface area contributed by atoms with E-state index < -0.39 is 5.54 Å². The average molecular weight is 241 g/mol. The molecule has 0 heterocycles. The van der Waals surface area contributed by atoms with Crippen LogP contribution >= 0.6 is 0 Å². The van der Waals surface area contributed by atoms with Crippen LogP contribution in [0.15, 0.2) is 0 Å².